The van der Waals surface area contributed by atoms with E-state index in [0.717, 1.165) is 11.3 Å². The molecule has 3 N–H and O–H groups in total. The van der Waals surface area contributed by atoms with Crippen molar-refractivity contribution in [2.45, 2.75) is 20.4 Å². The van der Waals surface area contributed by atoms with Crippen molar-refractivity contribution in [3.05, 3.63) is 29.8 Å². The van der Waals surface area contributed by atoms with E-state index in [1.54, 1.807) is 0 Å². The Hall–Kier alpha value is -1.55. The fraction of sp³-hybridized carbons (Fsp3) is 0.462. The summed E-state index contributed by atoms with van der Waals surface area (Å²) in [7, 11) is 0. The van der Waals surface area contributed by atoms with Gasteiger partial charge in [0.2, 0.25) is 5.91 Å². The number of carbonyl (C=O) groups excluding carboxylic acids is 1. The van der Waals surface area contributed by atoms with Gasteiger partial charge >= 0.3 is 0 Å². The summed E-state index contributed by atoms with van der Waals surface area (Å²) in [6, 6.07) is 7.69. The molecule has 0 spiro atoms. The first-order chi connectivity index (χ1) is 8.13. The van der Waals surface area contributed by atoms with E-state index in [4.69, 9.17) is 10.5 Å². The molecule has 0 aliphatic rings. The van der Waals surface area contributed by atoms with E-state index in [9.17, 15) is 4.79 Å². The van der Waals surface area contributed by atoms with Crippen LogP contribution < -0.4 is 15.8 Å². The number of amides is 1. The van der Waals surface area contributed by atoms with Gasteiger partial charge in [-0.05, 0) is 12.0 Å². The summed E-state index contributed by atoms with van der Waals surface area (Å²) in [5, 5.41) is 2.73. The van der Waals surface area contributed by atoms with Gasteiger partial charge in [-0.1, -0.05) is 32.0 Å². The van der Waals surface area contributed by atoms with Crippen LogP contribution in [0.3, 0.4) is 0 Å². The number of hydrogen-bond acceptors (Lipinski definition) is 3. The summed E-state index contributed by atoms with van der Waals surface area (Å²) < 4.78 is 5.68. The van der Waals surface area contributed by atoms with Gasteiger partial charge in [-0.3, -0.25) is 4.79 Å². The van der Waals surface area contributed by atoms with E-state index in [-0.39, 0.29) is 12.5 Å². The predicted molar refractivity (Wildman–Crippen MR) is 67.7 cm³/mol. The third kappa shape index (κ3) is 4.87. The van der Waals surface area contributed by atoms with Gasteiger partial charge < -0.3 is 15.8 Å². The van der Waals surface area contributed by atoms with E-state index < -0.39 is 0 Å². The van der Waals surface area contributed by atoms with Crippen LogP contribution in [0.4, 0.5) is 0 Å². The highest BCUT2D eigenvalue weighted by molar-refractivity contribution is 5.77. The number of para-hydroxylation sites is 1. The van der Waals surface area contributed by atoms with Gasteiger partial charge in [0.1, 0.15) is 5.75 Å². The van der Waals surface area contributed by atoms with Crippen molar-refractivity contribution in [1.29, 1.82) is 0 Å². The molecule has 94 valence electrons. The molecular formula is C13H20N2O2. The monoisotopic (exact) mass is 236 g/mol. The number of ether oxygens (including phenoxy) is 1. The summed E-state index contributed by atoms with van der Waals surface area (Å²) in [5.74, 6) is 1.13. The van der Waals surface area contributed by atoms with Gasteiger partial charge in [0, 0.05) is 12.1 Å². The van der Waals surface area contributed by atoms with Crippen LogP contribution in [0, 0.1) is 5.92 Å². The highest BCUT2D eigenvalue weighted by Gasteiger charge is 2.05. The minimum atomic E-state index is -0.163. The van der Waals surface area contributed by atoms with Gasteiger partial charge in [-0.2, -0.15) is 0 Å². The molecule has 0 fully saturated rings. The van der Waals surface area contributed by atoms with Crippen LogP contribution in [0.2, 0.25) is 0 Å². The van der Waals surface area contributed by atoms with E-state index >= 15 is 0 Å². The second kappa shape index (κ2) is 6.91. The Morgan fingerprint density at radius 3 is 2.76 bits per heavy atom. The first kappa shape index (κ1) is 13.5. The molecule has 17 heavy (non-hydrogen) atoms. The van der Waals surface area contributed by atoms with Gasteiger partial charge in [0.25, 0.3) is 0 Å². The first-order valence-corrected chi connectivity index (χ1v) is 5.81. The molecule has 0 bridgehead atoms. The lowest BCUT2D eigenvalue weighted by molar-refractivity contribution is -0.119. The molecule has 0 atom stereocenters. The second-order valence-electron chi connectivity index (χ2n) is 4.29. The van der Waals surface area contributed by atoms with E-state index in [0.29, 0.717) is 19.1 Å². The Bertz CT molecular complexity index is 364. The number of nitrogens with one attached hydrogen (secondary N) is 1. The lowest BCUT2D eigenvalue weighted by Gasteiger charge is -2.13. The summed E-state index contributed by atoms with van der Waals surface area (Å²) in [4.78, 5) is 11.1. The molecule has 1 aromatic rings. The number of carbonyl (C=O) groups is 1. The van der Waals surface area contributed by atoms with Crippen molar-refractivity contribution < 1.29 is 9.53 Å². The van der Waals surface area contributed by atoms with Gasteiger partial charge in [0.05, 0.1) is 13.2 Å². The Morgan fingerprint density at radius 2 is 2.12 bits per heavy atom. The Kier molecular flexibility index (Phi) is 5.49. The molecule has 0 saturated heterocycles. The maximum atomic E-state index is 11.1. The zero-order valence-electron chi connectivity index (χ0n) is 10.4. The summed E-state index contributed by atoms with van der Waals surface area (Å²) in [6.45, 7) is 5.32. The minimum absolute atomic E-state index is 0.00895. The fourth-order valence-corrected chi connectivity index (χ4v) is 1.31. The van der Waals surface area contributed by atoms with Gasteiger partial charge in [0.15, 0.2) is 0 Å². The number of benzene rings is 1. The first-order valence-electron chi connectivity index (χ1n) is 5.81. The summed E-state index contributed by atoms with van der Waals surface area (Å²) in [5.41, 5.74) is 6.20. The van der Waals surface area contributed by atoms with Crippen LogP contribution in [0.15, 0.2) is 24.3 Å². The van der Waals surface area contributed by atoms with Crippen molar-refractivity contribution in [2.75, 3.05) is 13.2 Å². The number of hydrogen-bond donors (Lipinski definition) is 2. The zero-order valence-corrected chi connectivity index (χ0v) is 10.4. The lowest BCUT2D eigenvalue weighted by Crippen LogP contribution is -2.29. The van der Waals surface area contributed by atoms with Gasteiger partial charge in [-0.25, -0.2) is 0 Å². The SMILES string of the molecule is CC(C)COc1ccccc1CNC(=O)CN. The third-order valence-electron chi connectivity index (χ3n) is 2.21. The molecule has 0 heterocycles. The maximum Gasteiger partial charge on any atom is 0.234 e. The van der Waals surface area contributed by atoms with E-state index in [1.807, 2.05) is 24.3 Å². The Morgan fingerprint density at radius 1 is 1.41 bits per heavy atom. The van der Waals surface area contributed by atoms with Crippen LogP contribution in [0.25, 0.3) is 0 Å². The van der Waals surface area contributed by atoms with Crippen LogP contribution in [0.5, 0.6) is 5.75 Å². The van der Waals surface area contributed by atoms with Crippen molar-refractivity contribution >= 4 is 5.91 Å². The molecule has 4 heteroatoms. The fourth-order valence-electron chi connectivity index (χ4n) is 1.31. The highest BCUT2D eigenvalue weighted by atomic mass is 16.5. The summed E-state index contributed by atoms with van der Waals surface area (Å²) in [6.07, 6.45) is 0. The molecule has 1 rings (SSSR count). The smallest absolute Gasteiger partial charge is 0.234 e. The van der Waals surface area contributed by atoms with Crippen molar-refractivity contribution in [3.63, 3.8) is 0 Å². The third-order valence-corrected chi connectivity index (χ3v) is 2.21. The zero-order chi connectivity index (χ0) is 12.7. The van der Waals surface area contributed by atoms with Crippen LogP contribution >= 0.6 is 0 Å². The second-order valence-corrected chi connectivity index (χ2v) is 4.29. The average molecular weight is 236 g/mol. The van der Waals surface area contributed by atoms with E-state index in [2.05, 4.69) is 19.2 Å². The normalized spacial score (nSPS) is 10.4. The molecule has 0 aliphatic carbocycles. The largest absolute Gasteiger partial charge is 0.493 e. The number of nitrogens with two attached hydrogens (primary N) is 1. The standard InChI is InChI=1S/C13H20N2O2/c1-10(2)9-17-12-6-4-3-5-11(12)8-15-13(16)7-14/h3-6,10H,7-9,14H2,1-2H3,(H,15,16). The van der Waals surface area contributed by atoms with E-state index in [1.165, 1.54) is 0 Å². The molecule has 4 nitrogen and oxygen atoms in total. The lowest BCUT2D eigenvalue weighted by atomic mass is 10.2. The molecule has 0 radical (unpaired) electrons. The molecule has 1 amide bonds. The minimum Gasteiger partial charge on any atom is -0.493 e. The molecule has 0 unspecified atom stereocenters. The predicted octanol–water partition coefficient (Wildman–Crippen LogP) is 1.30. The van der Waals surface area contributed by atoms with Crippen LogP contribution in [0.1, 0.15) is 19.4 Å². The number of rotatable bonds is 6. The topological polar surface area (TPSA) is 64.3 Å². The highest BCUT2D eigenvalue weighted by Crippen LogP contribution is 2.18. The molecule has 1 aromatic carbocycles. The summed E-state index contributed by atoms with van der Waals surface area (Å²) >= 11 is 0. The Balaban J connectivity index is 2.60. The quantitative estimate of drug-likeness (QED) is 0.782. The molecule has 0 saturated carbocycles. The van der Waals surface area contributed by atoms with Crippen LogP contribution in [-0.4, -0.2) is 19.1 Å². The Labute approximate surface area is 102 Å². The molecule has 0 aliphatic heterocycles. The van der Waals surface area contributed by atoms with Crippen molar-refractivity contribution in [2.24, 2.45) is 11.7 Å². The van der Waals surface area contributed by atoms with Crippen molar-refractivity contribution in [1.82, 2.24) is 5.32 Å². The average Bonchev–Trinajstić information content (AvgIpc) is 2.34. The van der Waals surface area contributed by atoms with Gasteiger partial charge in [-0.15, -0.1) is 0 Å². The molecular weight excluding hydrogens is 216 g/mol. The van der Waals surface area contributed by atoms with Crippen molar-refractivity contribution in [3.8, 4) is 5.75 Å². The van der Waals surface area contributed by atoms with Crippen LogP contribution in [-0.2, 0) is 11.3 Å². The maximum absolute atomic E-state index is 11.1. The molecule has 0 aromatic heterocycles.